The van der Waals surface area contributed by atoms with E-state index in [2.05, 4.69) is 34.5 Å². The molecule has 1 fully saturated rings. The lowest BCUT2D eigenvalue weighted by Gasteiger charge is -2.44. The Morgan fingerprint density at radius 1 is 0.849 bits per heavy atom. The zero-order valence-corrected chi connectivity index (χ0v) is 29.0. The summed E-state index contributed by atoms with van der Waals surface area (Å²) in [4.78, 5) is 59.9. The molecule has 3 atom stereocenters. The third-order valence-electron chi connectivity index (χ3n) is 8.34. The van der Waals surface area contributed by atoms with Crippen molar-refractivity contribution < 1.29 is 54.0 Å². The lowest BCUT2D eigenvalue weighted by Crippen LogP contribution is -2.54. The molecule has 16 nitrogen and oxygen atoms in total. The molecule has 1 saturated heterocycles. The number of nitrogens with one attached hydrogen (secondary N) is 1. The topological polar surface area (TPSA) is 252 Å². The number of nitrogens with two attached hydrogens (primary N) is 1. The summed E-state index contributed by atoms with van der Waals surface area (Å²) in [6, 6.07) is 26.0. The van der Waals surface area contributed by atoms with Gasteiger partial charge in [-0.1, -0.05) is 72.8 Å². The molecule has 2 aliphatic heterocycles. The van der Waals surface area contributed by atoms with E-state index in [9.17, 15) is 29.3 Å². The number of allylic oxidation sites excluding steroid dienone is 1. The summed E-state index contributed by atoms with van der Waals surface area (Å²) in [5.74, 6) is -5.91. The Morgan fingerprint density at radius 3 is 1.85 bits per heavy atom. The standard InChI is InChI=1S/C33H34N4O6.C4H6O6/c1-20(2)42-32(38)27-21(3)35-31(34)29(28(27)24-15-10-16-25(17-24)37(40)41)33(39)43-26-18-36(19-26)30(22-11-6-4-7-12-22)23-13-8-5-9-14-23;5-1(3(7)8)2(6)4(9)10/h4-17,20,26,28,30,35H,18-19,34H2,1-3H3;1-2,5-6H,(H,7,8)(H,9,10). The molecule has 5 rings (SSSR count). The molecule has 0 bridgehead atoms. The van der Waals surface area contributed by atoms with Crippen LogP contribution in [0, 0.1) is 10.1 Å². The van der Waals surface area contributed by atoms with Crippen LogP contribution in [0.25, 0.3) is 0 Å². The Hall–Kier alpha value is -6.10. The van der Waals surface area contributed by atoms with E-state index in [0.29, 0.717) is 24.4 Å². The molecule has 0 saturated carbocycles. The van der Waals surface area contributed by atoms with E-state index in [-0.39, 0.29) is 28.7 Å². The molecule has 3 unspecified atom stereocenters. The molecule has 0 spiro atoms. The Balaban J connectivity index is 0.000000550. The number of rotatable bonds is 12. The van der Waals surface area contributed by atoms with E-state index in [1.807, 2.05) is 36.4 Å². The molecule has 0 aliphatic carbocycles. The highest BCUT2D eigenvalue weighted by Gasteiger charge is 2.42. The molecule has 2 heterocycles. The van der Waals surface area contributed by atoms with Crippen molar-refractivity contribution in [2.24, 2.45) is 5.73 Å². The molecule has 3 aromatic carbocycles. The van der Waals surface area contributed by atoms with Gasteiger partial charge in [-0.2, -0.15) is 0 Å². The van der Waals surface area contributed by atoms with E-state index < -0.39 is 59.1 Å². The van der Waals surface area contributed by atoms with Crippen LogP contribution in [0.5, 0.6) is 0 Å². The number of nitro benzene ring substituents is 1. The number of esters is 2. The number of dihydropyridines is 1. The largest absolute Gasteiger partial charge is 0.479 e. The van der Waals surface area contributed by atoms with E-state index in [1.54, 1.807) is 26.8 Å². The quantitative estimate of drug-likeness (QED) is 0.0889. The van der Waals surface area contributed by atoms with Crippen molar-refractivity contribution in [2.45, 2.75) is 57.1 Å². The van der Waals surface area contributed by atoms with Gasteiger partial charge in [-0.3, -0.25) is 15.0 Å². The van der Waals surface area contributed by atoms with Crippen LogP contribution >= 0.6 is 0 Å². The summed E-state index contributed by atoms with van der Waals surface area (Å²) >= 11 is 0. The predicted octanol–water partition coefficient (Wildman–Crippen LogP) is 2.57. The number of ether oxygens (including phenoxy) is 2. The van der Waals surface area contributed by atoms with Gasteiger partial charge in [-0.25, -0.2) is 19.2 Å². The van der Waals surface area contributed by atoms with Crippen molar-refractivity contribution in [3.63, 3.8) is 0 Å². The number of carbonyl (C=O) groups is 4. The lowest BCUT2D eigenvalue weighted by atomic mass is 9.81. The second-order valence-corrected chi connectivity index (χ2v) is 12.5. The minimum Gasteiger partial charge on any atom is -0.479 e. The van der Waals surface area contributed by atoms with Gasteiger partial charge >= 0.3 is 23.9 Å². The molecule has 280 valence electrons. The van der Waals surface area contributed by atoms with Crippen LogP contribution in [0.15, 0.2) is 108 Å². The highest BCUT2D eigenvalue weighted by molar-refractivity contribution is 6.00. The van der Waals surface area contributed by atoms with Gasteiger partial charge in [0.05, 0.1) is 34.1 Å². The number of aliphatic carboxylic acids is 2. The fourth-order valence-electron chi connectivity index (χ4n) is 5.91. The summed E-state index contributed by atoms with van der Waals surface area (Å²) < 4.78 is 11.5. The van der Waals surface area contributed by atoms with Crippen LogP contribution in [-0.4, -0.2) is 91.6 Å². The monoisotopic (exact) mass is 732 g/mol. The number of carboxylic acids is 2. The zero-order valence-electron chi connectivity index (χ0n) is 29.0. The molecule has 16 heteroatoms. The predicted molar refractivity (Wildman–Crippen MR) is 188 cm³/mol. The van der Waals surface area contributed by atoms with Crippen molar-refractivity contribution in [3.8, 4) is 0 Å². The number of nitrogens with zero attached hydrogens (tertiary/aromatic N) is 2. The Bertz CT molecular complexity index is 1830. The average Bonchev–Trinajstić information content (AvgIpc) is 3.10. The van der Waals surface area contributed by atoms with Gasteiger partial charge in [0.1, 0.15) is 11.9 Å². The van der Waals surface area contributed by atoms with Crippen LogP contribution < -0.4 is 11.1 Å². The minimum absolute atomic E-state index is 0.00271. The van der Waals surface area contributed by atoms with Crippen molar-refractivity contribution in [2.75, 3.05) is 13.1 Å². The number of aliphatic hydroxyl groups is 2. The number of carboxylic acid groups (broad SMARTS) is 2. The highest BCUT2D eigenvalue weighted by Crippen LogP contribution is 2.40. The van der Waals surface area contributed by atoms with Crippen LogP contribution in [0.2, 0.25) is 0 Å². The molecule has 53 heavy (non-hydrogen) atoms. The number of likely N-dealkylation sites (tertiary alicyclic amines) is 1. The van der Waals surface area contributed by atoms with Gasteiger partial charge in [0.2, 0.25) is 0 Å². The minimum atomic E-state index is -2.27. The Kier molecular flexibility index (Phi) is 13.0. The van der Waals surface area contributed by atoms with Crippen molar-refractivity contribution in [1.29, 1.82) is 0 Å². The average molecular weight is 733 g/mol. The first-order valence-corrected chi connectivity index (χ1v) is 16.4. The third kappa shape index (κ3) is 9.62. The second-order valence-electron chi connectivity index (χ2n) is 12.5. The number of aliphatic hydroxyl groups excluding tert-OH is 2. The summed E-state index contributed by atoms with van der Waals surface area (Å²) in [5, 5.41) is 47.0. The van der Waals surface area contributed by atoms with Crippen LogP contribution in [0.1, 0.15) is 49.4 Å². The maximum absolute atomic E-state index is 13.8. The van der Waals surface area contributed by atoms with Crippen molar-refractivity contribution in [3.05, 3.63) is 134 Å². The Labute approximate surface area is 303 Å². The third-order valence-corrected chi connectivity index (χ3v) is 8.34. The van der Waals surface area contributed by atoms with Crippen molar-refractivity contribution >= 4 is 29.6 Å². The molecule has 0 aromatic heterocycles. The first kappa shape index (κ1) is 39.7. The molecule has 3 aromatic rings. The number of hydrogen-bond acceptors (Lipinski definition) is 13. The lowest BCUT2D eigenvalue weighted by molar-refractivity contribution is -0.384. The number of carbonyl (C=O) groups excluding carboxylic acids is 2. The molecular weight excluding hydrogens is 692 g/mol. The smallest absolute Gasteiger partial charge is 0.339 e. The van der Waals surface area contributed by atoms with Gasteiger partial charge < -0.3 is 41.0 Å². The molecule has 7 N–H and O–H groups in total. The van der Waals surface area contributed by atoms with Gasteiger partial charge in [0, 0.05) is 30.9 Å². The van der Waals surface area contributed by atoms with Gasteiger partial charge in [0.15, 0.2) is 12.2 Å². The first-order chi connectivity index (χ1) is 25.1. The maximum Gasteiger partial charge on any atom is 0.339 e. The maximum atomic E-state index is 13.8. The molecule has 0 radical (unpaired) electrons. The fourth-order valence-corrected chi connectivity index (χ4v) is 5.91. The SMILES string of the molecule is CC1=C(C(=O)OC(C)C)C(c2cccc([N+](=O)[O-])c2)C(C(=O)OC2CN(C(c3ccccc3)c3ccccc3)C2)=C(N)N1.O=C(O)C(O)C(O)C(=O)O. The van der Waals surface area contributed by atoms with Gasteiger partial charge in [0.25, 0.3) is 5.69 Å². The molecule has 2 aliphatic rings. The Morgan fingerprint density at radius 2 is 1.38 bits per heavy atom. The van der Waals surface area contributed by atoms with E-state index in [0.717, 1.165) is 11.1 Å². The summed E-state index contributed by atoms with van der Waals surface area (Å²) in [6.07, 6.45) is -5.39. The van der Waals surface area contributed by atoms with E-state index >= 15 is 0 Å². The van der Waals surface area contributed by atoms with E-state index in [1.165, 1.54) is 18.2 Å². The van der Waals surface area contributed by atoms with Crippen LogP contribution in [0.4, 0.5) is 5.69 Å². The molecular formula is C37H40N4O12. The molecule has 0 amide bonds. The summed E-state index contributed by atoms with van der Waals surface area (Å²) in [5.41, 5.74) is 9.31. The fraction of sp³-hybridized carbons (Fsp3) is 0.297. The zero-order chi connectivity index (χ0) is 39.0. The number of nitro groups is 1. The normalized spacial score (nSPS) is 17.2. The van der Waals surface area contributed by atoms with Gasteiger partial charge in [-0.05, 0) is 37.5 Å². The number of benzene rings is 3. The summed E-state index contributed by atoms with van der Waals surface area (Å²) in [7, 11) is 0. The van der Waals surface area contributed by atoms with E-state index in [4.69, 9.17) is 35.6 Å². The van der Waals surface area contributed by atoms with Crippen molar-refractivity contribution in [1.82, 2.24) is 10.2 Å². The van der Waals surface area contributed by atoms with Crippen LogP contribution in [-0.2, 0) is 28.7 Å². The first-order valence-electron chi connectivity index (χ1n) is 16.4. The highest BCUT2D eigenvalue weighted by atomic mass is 16.6. The summed E-state index contributed by atoms with van der Waals surface area (Å²) in [6.45, 7) is 6.05. The van der Waals surface area contributed by atoms with Gasteiger partial charge in [-0.15, -0.1) is 0 Å². The second kappa shape index (κ2) is 17.4. The number of hydrogen-bond donors (Lipinski definition) is 6. The number of non-ortho nitro benzene ring substituents is 1. The van der Waals surface area contributed by atoms with Crippen LogP contribution in [0.3, 0.4) is 0 Å².